The second-order valence-corrected chi connectivity index (χ2v) is 5.99. The largest absolute Gasteiger partial charge is 0.311 e. The summed E-state index contributed by atoms with van der Waals surface area (Å²) in [6, 6.07) is 15.5. The van der Waals surface area contributed by atoms with Gasteiger partial charge in [-0.1, -0.05) is 54.1 Å². The third-order valence-corrected chi connectivity index (χ3v) is 4.28. The van der Waals surface area contributed by atoms with Crippen molar-refractivity contribution < 1.29 is 4.79 Å². The Morgan fingerprint density at radius 1 is 1.04 bits per heavy atom. The van der Waals surface area contributed by atoms with E-state index in [9.17, 15) is 9.59 Å². The molecule has 0 atom stereocenters. The molecule has 1 aromatic heterocycles. The van der Waals surface area contributed by atoms with E-state index in [0.717, 1.165) is 27.6 Å². The van der Waals surface area contributed by atoms with E-state index in [1.165, 1.54) is 10.6 Å². The van der Waals surface area contributed by atoms with Crippen LogP contribution in [-0.2, 0) is 7.05 Å². The molecule has 0 amide bonds. The number of carbonyl (C=O) groups is 1. The van der Waals surface area contributed by atoms with E-state index in [1.54, 1.807) is 13.1 Å². The molecule has 0 aliphatic rings. The van der Waals surface area contributed by atoms with Crippen LogP contribution in [0.2, 0.25) is 0 Å². The van der Waals surface area contributed by atoms with E-state index in [4.69, 9.17) is 0 Å². The predicted octanol–water partition coefficient (Wildman–Crippen LogP) is 4.05. The van der Waals surface area contributed by atoms with Gasteiger partial charge in [-0.2, -0.15) is 0 Å². The first-order chi connectivity index (χ1) is 11.5. The summed E-state index contributed by atoms with van der Waals surface area (Å²) in [7, 11) is 1.70. The van der Waals surface area contributed by atoms with Crippen molar-refractivity contribution in [3.05, 3.63) is 87.2 Å². The number of benzene rings is 2. The number of fused-ring (bicyclic) bond motifs is 1. The molecule has 0 spiro atoms. The quantitative estimate of drug-likeness (QED) is 0.540. The number of ketones is 1. The van der Waals surface area contributed by atoms with Crippen LogP contribution in [-0.4, -0.2) is 10.4 Å². The summed E-state index contributed by atoms with van der Waals surface area (Å²) in [5, 5.41) is 0.923. The Balaban J connectivity index is 2.09. The number of hydrogen-bond acceptors (Lipinski definition) is 2. The normalized spacial score (nSPS) is 11.3. The maximum atomic E-state index is 12.6. The average molecular weight is 317 g/mol. The Morgan fingerprint density at radius 3 is 2.54 bits per heavy atom. The molecule has 2 aromatic carbocycles. The Kier molecular flexibility index (Phi) is 4.17. The van der Waals surface area contributed by atoms with E-state index < -0.39 is 0 Å². The molecule has 1 heterocycles. The Morgan fingerprint density at radius 2 is 1.79 bits per heavy atom. The highest BCUT2D eigenvalue weighted by Crippen LogP contribution is 2.19. The molecule has 0 aliphatic carbocycles. The monoisotopic (exact) mass is 317 g/mol. The van der Waals surface area contributed by atoms with Crippen molar-refractivity contribution >= 4 is 22.8 Å². The predicted molar refractivity (Wildman–Crippen MR) is 98.5 cm³/mol. The third kappa shape index (κ3) is 2.81. The van der Waals surface area contributed by atoms with Crippen molar-refractivity contribution in [1.29, 1.82) is 0 Å². The number of para-hydroxylation sites is 1. The van der Waals surface area contributed by atoms with E-state index in [2.05, 4.69) is 0 Å². The molecule has 0 fully saturated rings. The van der Waals surface area contributed by atoms with Crippen LogP contribution in [0.1, 0.15) is 27.0 Å². The fourth-order valence-corrected chi connectivity index (χ4v) is 2.97. The van der Waals surface area contributed by atoms with Crippen molar-refractivity contribution in [2.75, 3.05) is 0 Å². The van der Waals surface area contributed by atoms with Crippen LogP contribution in [0.4, 0.5) is 0 Å². The van der Waals surface area contributed by atoms with Crippen LogP contribution >= 0.6 is 0 Å². The second kappa shape index (κ2) is 6.28. The molecule has 3 nitrogen and oxygen atoms in total. The maximum Gasteiger partial charge on any atom is 0.262 e. The number of aryl methyl sites for hydroxylation is 3. The lowest BCUT2D eigenvalue weighted by molar-refractivity contribution is 0.104. The zero-order chi connectivity index (χ0) is 17.3. The molecule has 24 heavy (non-hydrogen) atoms. The average Bonchev–Trinajstić information content (AvgIpc) is 2.58. The molecule has 0 saturated carbocycles. The Labute approximate surface area is 140 Å². The number of pyridine rings is 1. The molecular weight excluding hydrogens is 298 g/mol. The highest BCUT2D eigenvalue weighted by atomic mass is 16.1. The van der Waals surface area contributed by atoms with E-state index in [0.29, 0.717) is 0 Å². The lowest BCUT2D eigenvalue weighted by Crippen LogP contribution is -2.25. The van der Waals surface area contributed by atoms with Gasteiger partial charge in [0, 0.05) is 12.4 Å². The maximum absolute atomic E-state index is 12.6. The summed E-state index contributed by atoms with van der Waals surface area (Å²) in [6.45, 7) is 3.83. The second-order valence-electron chi connectivity index (χ2n) is 5.99. The van der Waals surface area contributed by atoms with Gasteiger partial charge in [-0.15, -0.1) is 0 Å². The van der Waals surface area contributed by atoms with E-state index >= 15 is 0 Å². The van der Waals surface area contributed by atoms with Crippen molar-refractivity contribution in [2.24, 2.45) is 7.05 Å². The van der Waals surface area contributed by atoms with Gasteiger partial charge in [0.05, 0.1) is 11.1 Å². The van der Waals surface area contributed by atoms with Gasteiger partial charge in [-0.25, -0.2) is 0 Å². The summed E-state index contributed by atoms with van der Waals surface area (Å²) in [5.74, 6) is -0.264. The van der Waals surface area contributed by atoms with Crippen molar-refractivity contribution in [3.63, 3.8) is 0 Å². The summed E-state index contributed by atoms with van der Waals surface area (Å²) in [6.07, 6.45) is 3.23. The van der Waals surface area contributed by atoms with Gasteiger partial charge in [-0.3, -0.25) is 9.59 Å². The number of hydrogen-bond donors (Lipinski definition) is 0. The highest BCUT2D eigenvalue weighted by Gasteiger charge is 2.16. The minimum atomic E-state index is -0.264. The van der Waals surface area contributed by atoms with Gasteiger partial charge >= 0.3 is 0 Å². The van der Waals surface area contributed by atoms with Crippen LogP contribution in [0, 0.1) is 13.8 Å². The molecule has 3 rings (SSSR count). The molecule has 0 bridgehead atoms. The molecule has 0 aliphatic heterocycles. The van der Waals surface area contributed by atoms with Gasteiger partial charge in [0.2, 0.25) is 0 Å². The highest BCUT2D eigenvalue weighted by molar-refractivity contribution is 6.09. The van der Waals surface area contributed by atoms with Gasteiger partial charge in [0.15, 0.2) is 5.78 Å². The smallest absolute Gasteiger partial charge is 0.262 e. The lowest BCUT2D eigenvalue weighted by Gasteiger charge is -2.11. The summed E-state index contributed by atoms with van der Waals surface area (Å²) in [5.41, 5.74) is 3.61. The topological polar surface area (TPSA) is 39.1 Å². The first-order valence-corrected chi connectivity index (χ1v) is 7.86. The van der Waals surface area contributed by atoms with E-state index in [1.807, 2.05) is 62.4 Å². The Bertz CT molecular complexity index is 1030. The first kappa shape index (κ1) is 15.9. The standard InChI is InChI=1S/C21H19NO2/c1-14-7-6-8-16(13-14)11-12-19(23)20-15(2)17-9-4-5-10-18(17)22(3)21(20)24/h4-13H,1-3H3/b12-11+. The minimum absolute atomic E-state index is 0.236. The van der Waals surface area contributed by atoms with Crippen LogP contribution in [0.3, 0.4) is 0 Å². The number of carbonyl (C=O) groups excluding carboxylic acids is 1. The molecule has 0 radical (unpaired) electrons. The molecule has 0 saturated heterocycles. The first-order valence-electron chi connectivity index (χ1n) is 7.86. The number of rotatable bonds is 3. The number of aromatic nitrogens is 1. The lowest BCUT2D eigenvalue weighted by atomic mass is 10.0. The number of allylic oxidation sites excluding steroid dienone is 1. The minimum Gasteiger partial charge on any atom is -0.311 e. The third-order valence-electron chi connectivity index (χ3n) is 4.28. The van der Waals surface area contributed by atoms with Crippen LogP contribution in [0.5, 0.6) is 0 Å². The molecule has 0 unspecified atom stereocenters. The molecule has 0 N–H and O–H groups in total. The molecular formula is C21H19NO2. The van der Waals surface area contributed by atoms with Gasteiger partial charge in [0.1, 0.15) is 0 Å². The summed E-state index contributed by atoms with van der Waals surface area (Å²) < 4.78 is 1.54. The van der Waals surface area contributed by atoms with Crippen molar-refractivity contribution in [1.82, 2.24) is 4.57 Å². The fourth-order valence-electron chi connectivity index (χ4n) is 2.97. The van der Waals surface area contributed by atoms with Gasteiger partial charge in [0.25, 0.3) is 5.56 Å². The van der Waals surface area contributed by atoms with Crippen LogP contribution in [0.25, 0.3) is 17.0 Å². The van der Waals surface area contributed by atoms with Crippen molar-refractivity contribution in [2.45, 2.75) is 13.8 Å². The SMILES string of the molecule is Cc1cccc(/C=C/C(=O)c2c(C)c3ccccc3n(C)c2=O)c1. The Hall–Kier alpha value is -2.94. The molecule has 120 valence electrons. The summed E-state index contributed by atoms with van der Waals surface area (Å²) >= 11 is 0. The zero-order valence-electron chi connectivity index (χ0n) is 14.0. The fraction of sp³-hybridized carbons (Fsp3) is 0.143. The van der Waals surface area contributed by atoms with Crippen molar-refractivity contribution in [3.8, 4) is 0 Å². The summed E-state index contributed by atoms with van der Waals surface area (Å²) in [4.78, 5) is 25.3. The molecule has 3 heteroatoms. The number of nitrogens with zero attached hydrogens (tertiary/aromatic N) is 1. The van der Waals surface area contributed by atoms with Gasteiger partial charge < -0.3 is 4.57 Å². The van der Waals surface area contributed by atoms with Crippen LogP contribution < -0.4 is 5.56 Å². The van der Waals surface area contributed by atoms with E-state index in [-0.39, 0.29) is 16.9 Å². The van der Waals surface area contributed by atoms with Gasteiger partial charge in [-0.05, 0) is 37.1 Å². The molecule has 3 aromatic rings. The van der Waals surface area contributed by atoms with Crippen LogP contribution in [0.15, 0.2) is 59.4 Å². The zero-order valence-corrected chi connectivity index (χ0v) is 14.0.